The summed E-state index contributed by atoms with van der Waals surface area (Å²) >= 11 is 1.59. The predicted octanol–water partition coefficient (Wildman–Crippen LogP) is 5.15. The number of amides is 1. The van der Waals surface area contributed by atoms with Gasteiger partial charge in [-0.15, -0.1) is 0 Å². The van der Waals surface area contributed by atoms with E-state index in [1.807, 2.05) is 32.1 Å². The van der Waals surface area contributed by atoms with Gasteiger partial charge in [0, 0.05) is 41.9 Å². The smallest absolute Gasteiger partial charge is 0.256 e. The molecular weight excluding hydrogens is 344 g/mol. The number of nitrogens with one attached hydrogen (secondary N) is 1. The highest BCUT2D eigenvalue weighted by atomic mass is 32.2. The summed E-state index contributed by atoms with van der Waals surface area (Å²) in [7, 11) is 0. The number of carbonyl (C=O) groups excluding carboxylic acids is 1. The van der Waals surface area contributed by atoms with Crippen molar-refractivity contribution < 1.29 is 6.22 Å². The van der Waals surface area contributed by atoms with E-state index < -0.39 is 0 Å². The molecule has 0 fully saturated rings. The first-order chi connectivity index (χ1) is 12.6. The minimum absolute atomic E-state index is 0. The van der Waals surface area contributed by atoms with Gasteiger partial charge in [-0.05, 0) is 43.0 Å². The number of allylic oxidation sites excluding steroid dienone is 2. The first-order valence-corrected chi connectivity index (χ1v) is 8.86. The average molecular weight is 364 g/mol. The molecule has 3 rings (SSSR count). The van der Waals surface area contributed by atoms with Crippen LogP contribution in [0.25, 0.3) is 15.8 Å². The second-order valence-corrected chi connectivity index (χ2v) is 6.95. The highest BCUT2D eigenvalue weighted by Crippen LogP contribution is 2.32. The maximum atomic E-state index is 12.3. The number of carbonyl (C=O) groups is 1. The van der Waals surface area contributed by atoms with Crippen LogP contribution < -0.4 is 5.32 Å². The number of thioether (sulfide) groups is 1. The Morgan fingerprint density at radius 3 is 2.73 bits per heavy atom. The molecule has 0 aliphatic rings. The Balaban J connectivity index is 0.00000261. The maximum Gasteiger partial charge on any atom is 0.256 e. The third-order valence-electron chi connectivity index (χ3n) is 3.56. The van der Waals surface area contributed by atoms with E-state index in [1.165, 1.54) is 0 Å². The first-order valence-electron chi connectivity index (χ1n) is 8.05. The SMILES string of the molecule is C=C(C)S/C(=C\C)c1ccc2cnc(NC(=O)c3ccncc3)cc2n1.[HH]. The molecule has 0 saturated carbocycles. The molecule has 1 N–H and O–H groups in total. The zero-order valence-corrected chi connectivity index (χ0v) is 15.4. The van der Waals surface area contributed by atoms with Crippen LogP contribution in [0, 0.1) is 0 Å². The number of fused-ring (bicyclic) bond motifs is 1. The quantitative estimate of drug-likeness (QED) is 0.678. The summed E-state index contributed by atoms with van der Waals surface area (Å²) in [5.41, 5.74) is 2.16. The van der Waals surface area contributed by atoms with Crippen molar-refractivity contribution >= 4 is 39.3 Å². The van der Waals surface area contributed by atoms with Gasteiger partial charge in [0.15, 0.2) is 0 Å². The van der Waals surface area contributed by atoms with Crippen molar-refractivity contribution in [3.63, 3.8) is 0 Å². The van der Waals surface area contributed by atoms with E-state index in [0.717, 1.165) is 26.4 Å². The van der Waals surface area contributed by atoms with E-state index in [9.17, 15) is 4.79 Å². The van der Waals surface area contributed by atoms with E-state index in [4.69, 9.17) is 4.98 Å². The molecule has 3 heterocycles. The molecule has 5 nitrogen and oxygen atoms in total. The number of anilines is 1. The van der Waals surface area contributed by atoms with Gasteiger partial charge in [-0.1, -0.05) is 24.4 Å². The zero-order valence-electron chi connectivity index (χ0n) is 14.6. The Morgan fingerprint density at radius 2 is 2.04 bits per heavy atom. The van der Waals surface area contributed by atoms with Crippen LogP contribution in [0.15, 0.2) is 66.5 Å². The van der Waals surface area contributed by atoms with E-state index in [0.29, 0.717) is 11.4 Å². The number of aromatic nitrogens is 3. The monoisotopic (exact) mass is 364 g/mol. The molecule has 26 heavy (non-hydrogen) atoms. The molecule has 0 aliphatic heterocycles. The zero-order chi connectivity index (χ0) is 18.5. The third-order valence-corrected chi connectivity index (χ3v) is 4.57. The van der Waals surface area contributed by atoms with Crippen molar-refractivity contribution in [2.45, 2.75) is 13.8 Å². The number of rotatable bonds is 5. The fourth-order valence-corrected chi connectivity index (χ4v) is 3.07. The lowest BCUT2D eigenvalue weighted by atomic mass is 10.2. The van der Waals surface area contributed by atoms with Crippen LogP contribution in [0.2, 0.25) is 0 Å². The molecule has 0 spiro atoms. The molecule has 132 valence electrons. The van der Waals surface area contributed by atoms with Gasteiger partial charge in [0.25, 0.3) is 5.91 Å². The molecular formula is C20H20N4OS. The van der Waals surface area contributed by atoms with Gasteiger partial charge < -0.3 is 5.32 Å². The molecule has 0 bridgehead atoms. The van der Waals surface area contributed by atoms with Crippen molar-refractivity contribution in [3.8, 4) is 0 Å². The summed E-state index contributed by atoms with van der Waals surface area (Å²) in [6.07, 6.45) is 6.87. The van der Waals surface area contributed by atoms with Crippen molar-refractivity contribution in [2.24, 2.45) is 0 Å². The van der Waals surface area contributed by atoms with Crippen molar-refractivity contribution in [2.75, 3.05) is 5.32 Å². The summed E-state index contributed by atoms with van der Waals surface area (Å²) in [6.45, 7) is 7.88. The standard InChI is InChI=1S/C20H18N4OS.H2/c1-4-18(26-13(2)3)16-6-5-15-12-22-19(11-17(15)23-16)24-20(25)14-7-9-21-10-8-14;/h4-12H,2H2,1,3H3,(H,22,24,25);1H/b18-4-;. The molecule has 3 aromatic rings. The lowest BCUT2D eigenvalue weighted by molar-refractivity contribution is 0.102. The molecule has 0 saturated heterocycles. The Morgan fingerprint density at radius 1 is 1.27 bits per heavy atom. The van der Waals surface area contributed by atoms with Crippen LogP contribution in [0.3, 0.4) is 0 Å². The Hall–Kier alpha value is -2.99. The number of hydrogen-bond acceptors (Lipinski definition) is 5. The van der Waals surface area contributed by atoms with E-state index in [1.54, 1.807) is 48.6 Å². The number of nitrogens with zero attached hydrogens (tertiary/aromatic N) is 3. The summed E-state index contributed by atoms with van der Waals surface area (Å²) < 4.78 is 0. The summed E-state index contributed by atoms with van der Waals surface area (Å²) in [5.74, 6) is 0.223. The molecule has 0 aliphatic carbocycles. The molecule has 1 amide bonds. The van der Waals surface area contributed by atoms with Gasteiger partial charge in [-0.25, -0.2) is 9.97 Å². The maximum absolute atomic E-state index is 12.3. The summed E-state index contributed by atoms with van der Waals surface area (Å²) in [6, 6.07) is 9.02. The van der Waals surface area contributed by atoms with Gasteiger partial charge in [0.1, 0.15) is 5.82 Å². The fraction of sp³-hybridized carbons (Fsp3) is 0.100. The Kier molecular flexibility index (Phi) is 5.43. The topological polar surface area (TPSA) is 67.8 Å². The summed E-state index contributed by atoms with van der Waals surface area (Å²) in [4.78, 5) is 27.2. The van der Waals surface area contributed by atoms with E-state index >= 15 is 0 Å². The van der Waals surface area contributed by atoms with E-state index in [-0.39, 0.29) is 7.33 Å². The highest BCUT2D eigenvalue weighted by molar-refractivity contribution is 8.11. The number of hydrogen-bond donors (Lipinski definition) is 1. The van der Waals surface area contributed by atoms with Crippen LogP contribution in [-0.4, -0.2) is 20.9 Å². The molecule has 0 unspecified atom stereocenters. The van der Waals surface area contributed by atoms with Crippen molar-refractivity contribution in [1.82, 2.24) is 15.0 Å². The van der Waals surface area contributed by atoms with Crippen LogP contribution in [0.5, 0.6) is 0 Å². The lowest BCUT2D eigenvalue weighted by Gasteiger charge is -2.09. The first kappa shape index (κ1) is 17.8. The van der Waals surface area contributed by atoms with Crippen molar-refractivity contribution in [3.05, 3.63) is 77.7 Å². The summed E-state index contributed by atoms with van der Waals surface area (Å²) in [5, 5.41) is 3.70. The van der Waals surface area contributed by atoms with Crippen LogP contribution >= 0.6 is 11.8 Å². The van der Waals surface area contributed by atoms with Gasteiger partial charge in [-0.3, -0.25) is 9.78 Å². The fourth-order valence-electron chi connectivity index (χ4n) is 2.36. The molecule has 0 radical (unpaired) electrons. The second-order valence-electron chi connectivity index (χ2n) is 5.61. The lowest BCUT2D eigenvalue weighted by Crippen LogP contribution is -2.12. The van der Waals surface area contributed by atoms with Gasteiger partial charge >= 0.3 is 0 Å². The van der Waals surface area contributed by atoms with Crippen molar-refractivity contribution in [1.29, 1.82) is 0 Å². The van der Waals surface area contributed by atoms with Gasteiger partial charge in [0.2, 0.25) is 0 Å². The van der Waals surface area contributed by atoms with Crippen LogP contribution in [0.4, 0.5) is 5.82 Å². The number of pyridine rings is 3. The highest BCUT2D eigenvalue weighted by Gasteiger charge is 2.09. The minimum atomic E-state index is -0.234. The molecule has 3 aromatic heterocycles. The molecule has 0 atom stereocenters. The van der Waals surface area contributed by atoms with Gasteiger partial charge in [0.05, 0.1) is 11.2 Å². The van der Waals surface area contributed by atoms with Crippen LogP contribution in [-0.2, 0) is 0 Å². The molecule has 6 heteroatoms. The van der Waals surface area contributed by atoms with Gasteiger partial charge in [-0.2, -0.15) is 0 Å². The molecule has 0 aromatic carbocycles. The largest absolute Gasteiger partial charge is 0.306 e. The third kappa shape index (κ3) is 4.15. The normalized spacial score (nSPS) is 11.4. The second kappa shape index (κ2) is 7.93. The minimum Gasteiger partial charge on any atom is -0.306 e. The van der Waals surface area contributed by atoms with E-state index in [2.05, 4.69) is 21.9 Å². The Bertz CT molecular complexity index is 1010. The van der Waals surface area contributed by atoms with Crippen LogP contribution in [0.1, 0.15) is 31.3 Å². The predicted molar refractivity (Wildman–Crippen MR) is 110 cm³/mol. The Labute approximate surface area is 157 Å². The average Bonchev–Trinajstić information content (AvgIpc) is 2.66.